The molecule has 0 amide bonds. The second-order valence-electron chi connectivity index (χ2n) is 15.0. The number of benzene rings is 3. The second kappa shape index (κ2) is 14.0. The number of carbonyl (C=O) groups is 1. The van der Waals surface area contributed by atoms with Crippen molar-refractivity contribution >= 4 is 39.5 Å². The Balaban J connectivity index is 1.16. The number of hydrogen-bond donors (Lipinski definition) is 4. The summed E-state index contributed by atoms with van der Waals surface area (Å²) in [6.07, 6.45) is 4.20. The number of oxazole rings is 1. The fourth-order valence-corrected chi connectivity index (χ4v) is 7.05. The van der Waals surface area contributed by atoms with E-state index in [2.05, 4.69) is 51.7 Å². The van der Waals surface area contributed by atoms with Gasteiger partial charge in [0.25, 0.3) is 0 Å². The number of hydrogen-bond acceptors (Lipinski definition) is 10. The summed E-state index contributed by atoms with van der Waals surface area (Å²) in [4.78, 5) is 28.1. The van der Waals surface area contributed by atoms with Crippen LogP contribution in [0.4, 0.5) is 11.5 Å². The molecule has 1 atom stereocenters. The minimum Gasteiger partial charge on any atom is -0.481 e. The first-order chi connectivity index (χ1) is 25.4. The van der Waals surface area contributed by atoms with E-state index in [1.807, 2.05) is 69.4 Å². The number of aliphatic hydroxyl groups is 1. The molecule has 0 unspecified atom stereocenters. The second-order valence-corrected chi connectivity index (χ2v) is 15.0. The highest BCUT2D eigenvalue weighted by Gasteiger charge is 2.40. The van der Waals surface area contributed by atoms with Crippen LogP contribution >= 0.6 is 0 Å². The Morgan fingerprint density at radius 2 is 1.79 bits per heavy atom. The average molecular weight is 710 g/mol. The molecule has 0 spiro atoms. The lowest BCUT2D eigenvalue weighted by Gasteiger charge is -2.23. The van der Waals surface area contributed by atoms with Crippen LogP contribution in [0.1, 0.15) is 55.0 Å². The van der Waals surface area contributed by atoms with Crippen LogP contribution < -0.4 is 10.6 Å². The van der Waals surface area contributed by atoms with E-state index in [0.29, 0.717) is 61.0 Å². The molecule has 1 fully saturated rings. The normalized spacial score (nSPS) is 16.3. The SMILES string of the molecule is Cc1c(Nc2nccc3cc(CNC(C)(C)CO)cnc23)cccc1-c1cccc(-c2nc3cc(CN4CC[C@@](C)(C(=O)O)C4)cc(C#N)c3o2)c1C. The molecule has 4 heterocycles. The number of fused-ring (bicyclic) bond motifs is 2. The number of aromatic nitrogens is 3. The molecule has 11 heteroatoms. The predicted molar refractivity (Wildman–Crippen MR) is 206 cm³/mol. The number of likely N-dealkylation sites (tertiary alicyclic amines) is 1. The van der Waals surface area contributed by atoms with E-state index in [-0.39, 0.29) is 6.61 Å². The van der Waals surface area contributed by atoms with Crippen molar-refractivity contribution in [1.29, 1.82) is 5.26 Å². The van der Waals surface area contributed by atoms with Crippen molar-refractivity contribution in [2.45, 2.75) is 59.7 Å². The van der Waals surface area contributed by atoms with Gasteiger partial charge in [-0.1, -0.05) is 24.3 Å². The summed E-state index contributed by atoms with van der Waals surface area (Å²) in [5.74, 6) is 0.301. The van der Waals surface area contributed by atoms with E-state index in [0.717, 1.165) is 55.5 Å². The van der Waals surface area contributed by atoms with E-state index >= 15 is 0 Å². The third kappa shape index (κ3) is 7.09. The van der Waals surface area contributed by atoms with Gasteiger partial charge in [-0.2, -0.15) is 5.26 Å². The van der Waals surface area contributed by atoms with E-state index in [1.54, 1.807) is 13.1 Å². The number of aliphatic carboxylic acids is 1. The number of nitriles is 1. The number of pyridine rings is 2. The van der Waals surface area contributed by atoms with Crippen molar-refractivity contribution in [3.63, 3.8) is 0 Å². The van der Waals surface area contributed by atoms with Crippen LogP contribution in [0.3, 0.4) is 0 Å². The van der Waals surface area contributed by atoms with Crippen molar-refractivity contribution in [1.82, 2.24) is 25.2 Å². The quantitative estimate of drug-likeness (QED) is 0.106. The van der Waals surface area contributed by atoms with E-state index in [9.17, 15) is 20.3 Å². The van der Waals surface area contributed by atoms with Gasteiger partial charge in [0.05, 0.1) is 17.6 Å². The predicted octanol–water partition coefficient (Wildman–Crippen LogP) is 7.49. The van der Waals surface area contributed by atoms with E-state index in [4.69, 9.17) is 14.4 Å². The molecule has 11 nitrogen and oxygen atoms in total. The molecule has 53 heavy (non-hydrogen) atoms. The zero-order valence-corrected chi connectivity index (χ0v) is 30.6. The molecule has 1 aliphatic heterocycles. The molecule has 3 aromatic heterocycles. The van der Waals surface area contributed by atoms with Crippen molar-refractivity contribution in [3.8, 4) is 28.7 Å². The summed E-state index contributed by atoms with van der Waals surface area (Å²) in [7, 11) is 0. The van der Waals surface area contributed by atoms with Gasteiger partial charge in [-0.3, -0.25) is 14.7 Å². The van der Waals surface area contributed by atoms with Crippen LogP contribution in [0, 0.1) is 30.6 Å². The van der Waals surface area contributed by atoms with Crippen LogP contribution in [-0.2, 0) is 17.9 Å². The van der Waals surface area contributed by atoms with Gasteiger partial charge in [0.15, 0.2) is 11.4 Å². The summed E-state index contributed by atoms with van der Waals surface area (Å²) < 4.78 is 6.29. The standard InChI is InChI=1S/C42H43N7O4/c1-25-31(32-9-7-11-34(26(32)2)47-38-36-29(12-14-44-38)17-28(20-45-36)21-46-41(3,4)24-50)8-6-10-33(25)39-48-35-18-27(16-30(19-43)37(35)53-39)22-49-15-13-42(5,23-49)40(51)52/h6-12,14,16-18,20,46,50H,13,15,21-24H2,1-5H3,(H,44,47)(H,51,52)/t42-/m1/s1. The molecule has 6 aromatic rings. The van der Waals surface area contributed by atoms with Crippen LogP contribution in [0.25, 0.3) is 44.6 Å². The summed E-state index contributed by atoms with van der Waals surface area (Å²) in [6.45, 7) is 12.1. The average Bonchev–Trinajstić information content (AvgIpc) is 3.75. The molecular formula is C42H43N7O4. The Morgan fingerprint density at radius 1 is 1.04 bits per heavy atom. The largest absolute Gasteiger partial charge is 0.481 e. The Morgan fingerprint density at radius 3 is 2.53 bits per heavy atom. The molecule has 0 saturated carbocycles. The number of aliphatic hydroxyl groups excluding tert-OH is 1. The maximum Gasteiger partial charge on any atom is 0.310 e. The zero-order chi connectivity index (χ0) is 37.5. The first kappa shape index (κ1) is 35.7. The van der Waals surface area contributed by atoms with Gasteiger partial charge in [0, 0.05) is 54.2 Å². The molecular weight excluding hydrogens is 667 g/mol. The summed E-state index contributed by atoms with van der Waals surface area (Å²) in [5.41, 5.74) is 8.74. The summed E-state index contributed by atoms with van der Waals surface area (Å²) >= 11 is 0. The number of rotatable bonds is 11. The van der Waals surface area contributed by atoms with Gasteiger partial charge < -0.3 is 25.3 Å². The van der Waals surface area contributed by atoms with Gasteiger partial charge >= 0.3 is 5.97 Å². The molecule has 0 bridgehead atoms. The van der Waals surface area contributed by atoms with Crippen molar-refractivity contribution in [3.05, 3.63) is 101 Å². The van der Waals surface area contributed by atoms with Crippen molar-refractivity contribution < 1.29 is 19.4 Å². The third-order valence-electron chi connectivity index (χ3n) is 10.4. The Bertz CT molecular complexity index is 2410. The first-order valence-electron chi connectivity index (χ1n) is 17.7. The monoisotopic (exact) mass is 709 g/mol. The smallest absolute Gasteiger partial charge is 0.310 e. The van der Waals surface area contributed by atoms with E-state index < -0.39 is 16.9 Å². The number of nitrogens with one attached hydrogen (secondary N) is 2. The van der Waals surface area contributed by atoms with Gasteiger partial charge in [-0.15, -0.1) is 0 Å². The van der Waals surface area contributed by atoms with Gasteiger partial charge in [-0.25, -0.2) is 9.97 Å². The van der Waals surface area contributed by atoms with Crippen molar-refractivity contribution in [2.24, 2.45) is 5.41 Å². The topological polar surface area (TPSA) is 160 Å². The molecule has 0 aliphatic carbocycles. The van der Waals surface area contributed by atoms with Crippen LogP contribution in [0.2, 0.25) is 0 Å². The fourth-order valence-electron chi connectivity index (χ4n) is 7.05. The molecule has 270 valence electrons. The summed E-state index contributed by atoms with van der Waals surface area (Å²) in [5, 5.41) is 37.2. The number of nitrogens with zero attached hydrogens (tertiary/aromatic N) is 5. The lowest BCUT2D eigenvalue weighted by Crippen LogP contribution is -2.42. The highest BCUT2D eigenvalue weighted by Crippen LogP contribution is 2.38. The Hall–Kier alpha value is -5.67. The molecule has 3 aromatic carbocycles. The molecule has 7 rings (SSSR count). The lowest BCUT2D eigenvalue weighted by molar-refractivity contribution is -0.147. The highest BCUT2D eigenvalue weighted by atomic mass is 16.4. The Kier molecular flexibility index (Phi) is 9.47. The van der Waals surface area contributed by atoms with Crippen LogP contribution in [-0.4, -0.2) is 61.3 Å². The maximum atomic E-state index is 11.8. The lowest BCUT2D eigenvalue weighted by atomic mass is 9.90. The van der Waals surface area contributed by atoms with Crippen LogP contribution in [0.15, 0.2) is 77.5 Å². The molecule has 0 radical (unpaired) electrons. The van der Waals surface area contributed by atoms with E-state index in [1.165, 1.54) is 0 Å². The molecule has 1 saturated heterocycles. The first-order valence-corrected chi connectivity index (χ1v) is 17.7. The molecule has 1 aliphatic rings. The summed E-state index contributed by atoms with van der Waals surface area (Å²) in [6, 6.07) is 22.2. The van der Waals surface area contributed by atoms with Gasteiger partial charge in [-0.05, 0) is 117 Å². The minimum atomic E-state index is -0.785. The fraction of sp³-hybridized carbons (Fsp3) is 0.310. The maximum absolute atomic E-state index is 11.8. The number of anilines is 2. The third-order valence-corrected chi connectivity index (χ3v) is 10.4. The van der Waals surface area contributed by atoms with Crippen LogP contribution in [0.5, 0.6) is 0 Å². The number of carboxylic acids is 1. The van der Waals surface area contributed by atoms with Crippen molar-refractivity contribution in [2.75, 3.05) is 25.0 Å². The van der Waals surface area contributed by atoms with Gasteiger partial charge in [0.2, 0.25) is 5.89 Å². The minimum absolute atomic E-state index is 0.0353. The Labute approximate surface area is 308 Å². The molecule has 4 N–H and O–H groups in total. The van der Waals surface area contributed by atoms with Gasteiger partial charge in [0.1, 0.15) is 17.1 Å². The number of carboxylic acid groups (broad SMARTS) is 1. The highest BCUT2D eigenvalue weighted by molar-refractivity contribution is 5.91. The zero-order valence-electron chi connectivity index (χ0n) is 30.6.